The van der Waals surface area contributed by atoms with E-state index < -0.39 is 15.8 Å². The molecular weight excluding hydrogens is 281 g/mol. The number of anilines is 1. The van der Waals surface area contributed by atoms with Crippen LogP contribution in [0.3, 0.4) is 0 Å². The standard InChI is InChI=1S/C13H20FN3O2S/c1-16-7-3-4-11(16)9-17(2)20(18,19)13-6-5-10(15)8-12(13)14/h5-6,8,11H,3-4,7,9,15H2,1-2H3. The minimum Gasteiger partial charge on any atom is -0.399 e. The summed E-state index contributed by atoms with van der Waals surface area (Å²) in [5.74, 6) is -0.809. The van der Waals surface area contributed by atoms with Crippen molar-refractivity contribution in [3.63, 3.8) is 0 Å². The number of likely N-dealkylation sites (N-methyl/N-ethyl adjacent to an activating group) is 2. The van der Waals surface area contributed by atoms with Gasteiger partial charge in [0.25, 0.3) is 0 Å². The van der Waals surface area contributed by atoms with E-state index >= 15 is 0 Å². The van der Waals surface area contributed by atoms with Crippen molar-refractivity contribution in [3.05, 3.63) is 24.0 Å². The van der Waals surface area contributed by atoms with E-state index in [1.165, 1.54) is 23.5 Å². The number of likely N-dealkylation sites (tertiary alicyclic amines) is 1. The highest BCUT2D eigenvalue weighted by Gasteiger charge is 2.29. The summed E-state index contributed by atoms with van der Waals surface area (Å²) in [6.07, 6.45) is 2.02. The summed E-state index contributed by atoms with van der Waals surface area (Å²) in [5.41, 5.74) is 5.65. The maximum absolute atomic E-state index is 13.8. The van der Waals surface area contributed by atoms with E-state index in [-0.39, 0.29) is 16.6 Å². The molecule has 1 saturated heterocycles. The molecule has 0 spiro atoms. The van der Waals surface area contributed by atoms with Crippen molar-refractivity contribution >= 4 is 15.7 Å². The monoisotopic (exact) mass is 301 g/mol. The van der Waals surface area contributed by atoms with Crippen LogP contribution in [0.15, 0.2) is 23.1 Å². The number of rotatable bonds is 4. The van der Waals surface area contributed by atoms with E-state index in [1.54, 1.807) is 0 Å². The molecule has 0 aliphatic carbocycles. The Morgan fingerprint density at radius 2 is 2.20 bits per heavy atom. The van der Waals surface area contributed by atoms with Crippen LogP contribution in [0.25, 0.3) is 0 Å². The van der Waals surface area contributed by atoms with Crippen LogP contribution in [0.2, 0.25) is 0 Å². The predicted octanol–water partition coefficient (Wildman–Crippen LogP) is 1.12. The number of hydrogen-bond acceptors (Lipinski definition) is 4. The molecule has 1 heterocycles. The molecule has 1 aliphatic heterocycles. The molecular formula is C13H20FN3O2S. The summed E-state index contributed by atoms with van der Waals surface area (Å²) in [6.45, 7) is 1.33. The minimum absolute atomic E-state index is 0.187. The average Bonchev–Trinajstić information content (AvgIpc) is 2.74. The molecule has 1 fully saturated rings. The summed E-state index contributed by atoms with van der Waals surface area (Å²) in [6, 6.07) is 3.83. The molecule has 1 aromatic rings. The van der Waals surface area contributed by atoms with Crippen molar-refractivity contribution in [1.82, 2.24) is 9.21 Å². The highest BCUT2D eigenvalue weighted by Crippen LogP contribution is 2.23. The average molecular weight is 301 g/mol. The van der Waals surface area contributed by atoms with Gasteiger partial charge in [-0.05, 0) is 44.6 Å². The lowest BCUT2D eigenvalue weighted by Crippen LogP contribution is -2.39. The molecule has 0 saturated carbocycles. The zero-order chi connectivity index (χ0) is 14.9. The number of nitrogens with zero attached hydrogens (tertiary/aromatic N) is 2. The quantitative estimate of drug-likeness (QED) is 0.846. The smallest absolute Gasteiger partial charge is 0.245 e. The Hall–Kier alpha value is -1.18. The molecule has 112 valence electrons. The first-order valence-corrected chi connectivity index (χ1v) is 7.98. The van der Waals surface area contributed by atoms with Crippen molar-refractivity contribution < 1.29 is 12.8 Å². The van der Waals surface area contributed by atoms with E-state index in [2.05, 4.69) is 4.90 Å². The Morgan fingerprint density at radius 3 is 2.75 bits per heavy atom. The first-order valence-electron chi connectivity index (χ1n) is 6.54. The third-order valence-electron chi connectivity index (χ3n) is 3.78. The van der Waals surface area contributed by atoms with Gasteiger partial charge in [0.15, 0.2) is 0 Å². The fourth-order valence-electron chi connectivity index (χ4n) is 2.50. The Balaban J connectivity index is 2.20. The third kappa shape index (κ3) is 2.94. The van der Waals surface area contributed by atoms with Gasteiger partial charge in [0.2, 0.25) is 10.0 Å². The fraction of sp³-hybridized carbons (Fsp3) is 0.538. The number of halogens is 1. The molecule has 1 unspecified atom stereocenters. The third-order valence-corrected chi connectivity index (χ3v) is 5.64. The molecule has 2 N–H and O–H groups in total. The zero-order valence-corrected chi connectivity index (χ0v) is 12.5. The molecule has 1 aromatic carbocycles. The van der Waals surface area contributed by atoms with Gasteiger partial charge in [-0.1, -0.05) is 0 Å². The second kappa shape index (κ2) is 5.67. The van der Waals surface area contributed by atoms with Crippen LogP contribution in [0.5, 0.6) is 0 Å². The fourth-order valence-corrected chi connectivity index (χ4v) is 3.75. The van der Waals surface area contributed by atoms with Gasteiger partial charge < -0.3 is 10.6 Å². The lowest BCUT2D eigenvalue weighted by molar-refractivity contribution is 0.270. The van der Waals surface area contributed by atoms with Crippen LogP contribution < -0.4 is 5.73 Å². The Morgan fingerprint density at radius 1 is 1.50 bits per heavy atom. The second-order valence-corrected chi connectivity index (χ2v) is 7.27. The van der Waals surface area contributed by atoms with Gasteiger partial charge in [-0.3, -0.25) is 0 Å². The van der Waals surface area contributed by atoms with Gasteiger partial charge in [-0.2, -0.15) is 4.31 Å². The lowest BCUT2D eigenvalue weighted by atomic mass is 10.2. The maximum atomic E-state index is 13.8. The van der Waals surface area contributed by atoms with Gasteiger partial charge in [-0.25, -0.2) is 12.8 Å². The van der Waals surface area contributed by atoms with Crippen molar-refractivity contribution in [1.29, 1.82) is 0 Å². The van der Waals surface area contributed by atoms with Gasteiger partial charge in [0.05, 0.1) is 0 Å². The number of sulfonamides is 1. The Bertz CT molecular complexity index is 591. The highest BCUT2D eigenvalue weighted by molar-refractivity contribution is 7.89. The van der Waals surface area contributed by atoms with Crippen molar-refractivity contribution in [2.75, 3.05) is 32.9 Å². The van der Waals surface area contributed by atoms with Crippen LogP contribution in [0.4, 0.5) is 10.1 Å². The molecule has 0 aromatic heterocycles. The summed E-state index contributed by atoms with van der Waals surface area (Å²) in [7, 11) is -0.364. The SMILES string of the molecule is CN1CCCC1CN(C)S(=O)(=O)c1ccc(N)cc1F. The molecule has 0 amide bonds. The molecule has 0 radical (unpaired) electrons. The van der Waals surface area contributed by atoms with E-state index in [9.17, 15) is 12.8 Å². The molecule has 1 aliphatic rings. The number of benzene rings is 1. The zero-order valence-electron chi connectivity index (χ0n) is 11.7. The Kier molecular flexibility index (Phi) is 4.31. The maximum Gasteiger partial charge on any atom is 0.245 e. The topological polar surface area (TPSA) is 66.6 Å². The van der Waals surface area contributed by atoms with Crippen LogP contribution in [0, 0.1) is 5.82 Å². The summed E-state index contributed by atoms with van der Waals surface area (Å²) in [4.78, 5) is 1.81. The first kappa shape index (κ1) is 15.2. The van der Waals surface area contributed by atoms with E-state index in [0.717, 1.165) is 25.5 Å². The molecule has 1 atom stereocenters. The van der Waals surface area contributed by atoms with Crippen LogP contribution in [-0.2, 0) is 10.0 Å². The number of nitrogens with two attached hydrogens (primary N) is 1. The number of hydrogen-bond donors (Lipinski definition) is 1. The summed E-state index contributed by atoms with van der Waals surface area (Å²) < 4.78 is 39.8. The van der Waals surface area contributed by atoms with E-state index in [1.807, 2.05) is 7.05 Å². The van der Waals surface area contributed by atoms with Crippen LogP contribution in [0.1, 0.15) is 12.8 Å². The largest absolute Gasteiger partial charge is 0.399 e. The van der Waals surface area contributed by atoms with Gasteiger partial charge in [0, 0.05) is 25.3 Å². The van der Waals surface area contributed by atoms with Crippen molar-refractivity contribution in [2.45, 2.75) is 23.8 Å². The van der Waals surface area contributed by atoms with E-state index in [0.29, 0.717) is 6.54 Å². The van der Waals surface area contributed by atoms with Crippen molar-refractivity contribution in [3.8, 4) is 0 Å². The van der Waals surface area contributed by atoms with Gasteiger partial charge >= 0.3 is 0 Å². The molecule has 7 heteroatoms. The number of nitrogen functional groups attached to an aromatic ring is 1. The normalized spacial score (nSPS) is 20.7. The second-order valence-electron chi connectivity index (χ2n) is 5.25. The van der Waals surface area contributed by atoms with Gasteiger partial charge in [0.1, 0.15) is 10.7 Å². The predicted molar refractivity (Wildman–Crippen MR) is 76.3 cm³/mol. The highest BCUT2D eigenvalue weighted by atomic mass is 32.2. The first-order chi connectivity index (χ1) is 9.32. The minimum atomic E-state index is -3.82. The van der Waals surface area contributed by atoms with E-state index in [4.69, 9.17) is 5.73 Å². The van der Waals surface area contributed by atoms with Crippen LogP contribution >= 0.6 is 0 Å². The molecule has 5 nitrogen and oxygen atoms in total. The lowest BCUT2D eigenvalue weighted by Gasteiger charge is -2.25. The molecule has 2 rings (SSSR count). The summed E-state index contributed by atoms with van der Waals surface area (Å²) in [5, 5.41) is 0. The molecule has 20 heavy (non-hydrogen) atoms. The van der Waals surface area contributed by atoms with Crippen molar-refractivity contribution in [2.24, 2.45) is 0 Å². The summed E-state index contributed by atoms with van der Waals surface area (Å²) >= 11 is 0. The van der Waals surface area contributed by atoms with Gasteiger partial charge in [-0.15, -0.1) is 0 Å². The van der Waals surface area contributed by atoms with Crippen LogP contribution in [-0.4, -0.2) is 50.8 Å². The Labute approximate surface area is 119 Å². The molecule has 0 bridgehead atoms.